The first kappa shape index (κ1) is 19.6. The molecular weight excluding hydrogens is 408 g/mol. The summed E-state index contributed by atoms with van der Waals surface area (Å²) in [4.78, 5) is 20.1. The Kier molecular flexibility index (Phi) is 5.30. The quantitative estimate of drug-likeness (QED) is 0.435. The average Bonchev–Trinajstić information content (AvgIpc) is 3.25. The molecular formula is C25H22N2O3S. The number of hydrogen-bond acceptors (Lipinski definition) is 5. The molecule has 31 heavy (non-hydrogen) atoms. The molecule has 1 aliphatic rings. The number of nitrogens with zero attached hydrogens (tertiary/aromatic N) is 2. The van der Waals surface area contributed by atoms with Crippen molar-refractivity contribution in [2.75, 3.05) is 11.5 Å². The number of benzene rings is 3. The molecule has 1 aliphatic heterocycles. The van der Waals surface area contributed by atoms with Gasteiger partial charge in [0.2, 0.25) is 6.10 Å². The van der Waals surface area contributed by atoms with Crippen molar-refractivity contribution in [3.05, 3.63) is 83.9 Å². The Morgan fingerprint density at radius 3 is 2.61 bits per heavy atom. The number of fused-ring (bicyclic) bond motifs is 2. The Hall–Kier alpha value is -3.38. The van der Waals surface area contributed by atoms with Crippen LogP contribution in [-0.4, -0.2) is 23.6 Å². The minimum absolute atomic E-state index is 0.159. The summed E-state index contributed by atoms with van der Waals surface area (Å²) in [6.45, 7) is 2.72. The highest BCUT2D eigenvalue weighted by Crippen LogP contribution is 2.34. The van der Waals surface area contributed by atoms with Gasteiger partial charge in [0.25, 0.3) is 5.91 Å². The summed E-state index contributed by atoms with van der Waals surface area (Å²) in [7, 11) is 0. The lowest BCUT2D eigenvalue weighted by Gasteiger charge is -2.29. The molecule has 0 saturated heterocycles. The van der Waals surface area contributed by atoms with Crippen molar-refractivity contribution >= 4 is 32.6 Å². The molecule has 0 bridgehead atoms. The van der Waals surface area contributed by atoms with Gasteiger partial charge in [0.15, 0.2) is 16.6 Å². The third kappa shape index (κ3) is 3.99. The van der Waals surface area contributed by atoms with Crippen molar-refractivity contribution in [2.24, 2.45) is 0 Å². The highest BCUT2D eigenvalue weighted by Gasteiger charge is 2.33. The van der Waals surface area contributed by atoms with Crippen molar-refractivity contribution < 1.29 is 14.3 Å². The third-order valence-corrected chi connectivity index (χ3v) is 6.36. The number of thiazole rings is 1. The van der Waals surface area contributed by atoms with Crippen LogP contribution >= 0.6 is 11.3 Å². The van der Waals surface area contributed by atoms with Crippen molar-refractivity contribution in [2.45, 2.75) is 26.0 Å². The number of carbonyl (C=O) groups excluding carboxylic acids is 1. The van der Waals surface area contributed by atoms with Gasteiger partial charge < -0.3 is 9.47 Å². The highest BCUT2D eigenvalue weighted by atomic mass is 32.1. The first-order chi connectivity index (χ1) is 15.2. The second kappa shape index (κ2) is 8.40. The van der Waals surface area contributed by atoms with Crippen LogP contribution in [0.2, 0.25) is 0 Å². The number of aromatic nitrogens is 1. The van der Waals surface area contributed by atoms with E-state index in [4.69, 9.17) is 14.5 Å². The minimum atomic E-state index is -0.725. The van der Waals surface area contributed by atoms with Crippen molar-refractivity contribution in [1.82, 2.24) is 4.98 Å². The Labute approximate surface area is 184 Å². The predicted octanol–water partition coefficient (Wildman–Crippen LogP) is 5.23. The summed E-state index contributed by atoms with van der Waals surface area (Å²) in [6.07, 6.45) is 0.236. The molecule has 6 heteroatoms. The Morgan fingerprint density at radius 2 is 1.81 bits per heavy atom. The second-order valence-electron chi connectivity index (χ2n) is 7.43. The molecule has 0 N–H and O–H groups in total. The van der Waals surface area contributed by atoms with Gasteiger partial charge in [-0.05, 0) is 41.8 Å². The minimum Gasteiger partial charge on any atom is -0.485 e. The van der Waals surface area contributed by atoms with Crippen LogP contribution in [0.4, 0.5) is 5.13 Å². The molecule has 1 atom stereocenters. The largest absolute Gasteiger partial charge is 0.485 e. The molecule has 0 fully saturated rings. The summed E-state index contributed by atoms with van der Waals surface area (Å²) in [6, 6.07) is 23.6. The second-order valence-corrected chi connectivity index (χ2v) is 8.44. The Morgan fingerprint density at radius 1 is 1.03 bits per heavy atom. The lowest BCUT2D eigenvalue weighted by molar-refractivity contribution is -0.127. The number of hydrogen-bond donors (Lipinski definition) is 0. The number of carbonyl (C=O) groups is 1. The number of rotatable bonds is 5. The van der Waals surface area contributed by atoms with Gasteiger partial charge in [0.1, 0.15) is 6.61 Å². The van der Waals surface area contributed by atoms with E-state index in [-0.39, 0.29) is 12.5 Å². The van der Waals surface area contributed by atoms with E-state index >= 15 is 0 Å². The molecule has 2 heterocycles. The van der Waals surface area contributed by atoms with Gasteiger partial charge in [-0.25, -0.2) is 4.98 Å². The van der Waals surface area contributed by atoms with E-state index in [1.807, 2.05) is 60.7 Å². The normalized spacial score (nSPS) is 15.1. The zero-order valence-electron chi connectivity index (χ0n) is 17.2. The molecule has 156 valence electrons. The Bertz CT molecular complexity index is 1220. The van der Waals surface area contributed by atoms with Gasteiger partial charge in [-0.1, -0.05) is 66.8 Å². The van der Waals surface area contributed by atoms with E-state index in [9.17, 15) is 4.79 Å². The molecule has 5 rings (SSSR count). The first-order valence-electron chi connectivity index (χ1n) is 10.3. The molecule has 0 radical (unpaired) electrons. The van der Waals surface area contributed by atoms with Crippen molar-refractivity contribution in [3.8, 4) is 11.5 Å². The van der Waals surface area contributed by atoms with E-state index < -0.39 is 6.10 Å². The molecule has 4 aromatic rings. The fourth-order valence-electron chi connectivity index (χ4n) is 3.61. The van der Waals surface area contributed by atoms with Crippen LogP contribution in [0.15, 0.2) is 72.8 Å². The summed E-state index contributed by atoms with van der Waals surface area (Å²) in [5, 5.41) is 0.666. The zero-order chi connectivity index (χ0) is 21.2. The monoisotopic (exact) mass is 430 g/mol. The molecule has 1 amide bonds. The number of amides is 1. The van der Waals surface area contributed by atoms with Gasteiger partial charge in [0, 0.05) is 0 Å². The summed E-state index contributed by atoms with van der Waals surface area (Å²) >= 11 is 1.53. The number of anilines is 1. The van der Waals surface area contributed by atoms with Crippen molar-refractivity contribution in [3.63, 3.8) is 0 Å². The van der Waals surface area contributed by atoms with Crippen LogP contribution in [0.3, 0.4) is 0 Å². The molecule has 3 aromatic carbocycles. The van der Waals surface area contributed by atoms with Gasteiger partial charge >= 0.3 is 0 Å². The molecule has 0 aliphatic carbocycles. The summed E-state index contributed by atoms with van der Waals surface area (Å²) in [5.74, 6) is 1.09. The van der Waals surface area contributed by atoms with Crippen LogP contribution in [0.25, 0.3) is 10.2 Å². The maximum absolute atomic E-state index is 13.6. The molecule has 0 spiro atoms. The van der Waals surface area contributed by atoms with Crippen LogP contribution in [0.5, 0.6) is 11.5 Å². The van der Waals surface area contributed by atoms with Crippen LogP contribution in [-0.2, 0) is 17.8 Å². The summed E-state index contributed by atoms with van der Waals surface area (Å²) < 4.78 is 12.9. The van der Waals surface area contributed by atoms with Crippen LogP contribution in [0.1, 0.15) is 18.1 Å². The lowest BCUT2D eigenvalue weighted by Crippen LogP contribution is -2.46. The number of ether oxygens (including phenoxy) is 2. The van der Waals surface area contributed by atoms with E-state index in [0.29, 0.717) is 23.2 Å². The smallest absolute Gasteiger partial charge is 0.273 e. The highest BCUT2D eigenvalue weighted by molar-refractivity contribution is 7.22. The fourth-order valence-corrected chi connectivity index (χ4v) is 4.65. The molecule has 1 unspecified atom stereocenters. The summed E-state index contributed by atoms with van der Waals surface area (Å²) in [5.41, 5.74) is 3.18. The number of aryl methyl sites for hydroxylation is 1. The van der Waals surface area contributed by atoms with Crippen LogP contribution < -0.4 is 14.4 Å². The molecule has 0 saturated carbocycles. The average molecular weight is 431 g/mol. The van der Waals surface area contributed by atoms with Crippen LogP contribution in [0, 0.1) is 0 Å². The Balaban J connectivity index is 1.49. The van der Waals surface area contributed by atoms with E-state index in [1.165, 1.54) is 16.9 Å². The maximum atomic E-state index is 13.6. The van der Waals surface area contributed by atoms with Gasteiger partial charge in [-0.15, -0.1) is 0 Å². The van der Waals surface area contributed by atoms with Gasteiger partial charge in [0.05, 0.1) is 16.8 Å². The van der Waals surface area contributed by atoms with Gasteiger partial charge in [-0.3, -0.25) is 9.69 Å². The van der Waals surface area contributed by atoms with Gasteiger partial charge in [-0.2, -0.15) is 0 Å². The van der Waals surface area contributed by atoms with Crippen molar-refractivity contribution in [1.29, 1.82) is 0 Å². The number of para-hydroxylation sites is 2. The maximum Gasteiger partial charge on any atom is 0.273 e. The standard InChI is InChI=1S/C25H22N2O3S/c1-2-17-12-13-19-23(14-17)31-25(26-19)27(15-18-8-4-3-5-9-18)24(28)22-16-29-20-10-6-7-11-21(20)30-22/h3-14,22H,2,15-16H2,1H3. The molecule has 5 nitrogen and oxygen atoms in total. The topological polar surface area (TPSA) is 51.7 Å². The molecule has 1 aromatic heterocycles. The third-order valence-electron chi connectivity index (χ3n) is 5.31. The predicted molar refractivity (Wildman–Crippen MR) is 123 cm³/mol. The lowest BCUT2D eigenvalue weighted by atomic mass is 10.2. The fraction of sp³-hybridized carbons (Fsp3) is 0.200. The van der Waals surface area contributed by atoms with E-state index in [0.717, 1.165) is 22.2 Å². The van der Waals surface area contributed by atoms with E-state index in [2.05, 4.69) is 19.1 Å². The van der Waals surface area contributed by atoms with E-state index in [1.54, 1.807) is 4.90 Å². The first-order valence-corrected chi connectivity index (χ1v) is 11.2. The SMILES string of the molecule is CCc1ccc2nc(N(Cc3ccccc3)C(=O)C3COc4ccccc4O3)sc2c1. The zero-order valence-corrected chi connectivity index (χ0v) is 18.0.